The van der Waals surface area contributed by atoms with Crippen molar-refractivity contribution in [3.8, 4) is 0 Å². The lowest BCUT2D eigenvalue weighted by atomic mass is 9.96. The van der Waals surface area contributed by atoms with Crippen LogP contribution < -0.4 is 10.6 Å². The second-order valence-corrected chi connectivity index (χ2v) is 5.71. The molecular formula is C16H23N3O2. The van der Waals surface area contributed by atoms with Crippen molar-refractivity contribution in [2.24, 2.45) is 0 Å². The van der Waals surface area contributed by atoms with Crippen LogP contribution in [0.25, 0.3) is 0 Å². The summed E-state index contributed by atoms with van der Waals surface area (Å²) >= 11 is 0. The Labute approximate surface area is 125 Å². The van der Waals surface area contributed by atoms with E-state index in [0.29, 0.717) is 11.3 Å². The van der Waals surface area contributed by atoms with Gasteiger partial charge in [-0.25, -0.2) is 4.79 Å². The number of hydrogen-bond acceptors (Lipinski definition) is 2. The average Bonchev–Trinajstić information content (AvgIpc) is 2.47. The molecule has 1 aromatic rings. The van der Waals surface area contributed by atoms with Gasteiger partial charge in [-0.15, -0.1) is 0 Å². The maximum absolute atomic E-state index is 12.0. The van der Waals surface area contributed by atoms with Crippen LogP contribution >= 0.6 is 0 Å². The first kappa shape index (κ1) is 15.4. The van der Waals surface area contributed by atoms with E-state index in [2.05, 4.69) is 10.6 Å². The van der Waals surface area contributed by atoms with Gasteiger partial charge in [0.25, 0.3) is 5.91 Å². The van der Waals surface area contributed by atoms with Crippen LogP contribution in [0.4, 0.5) is 10.5 Å². The topological polar surface area (TPSA) is 61.4 Å². The first-order chi connectivity index (χ1) is 10.1. The summed E-state index contributed by atoms with van der Waals surface area (Å²) < 4.78 is 0. The standard InChI is InChI=1S/C16H23N3O2/c1-19(2)15(20)12-7-6-10-14(11-12)18-16(21)17-13-8-4-3-5-9-13/h6-7,10-11,13H,3-5,8-9H2,1-2H3,(H2,17,18,21). The number of nitrogens with zero attached hydrogens (tertiary/aromatic N) is 1. The van der Waals surface area contributed by atoms with Gasteiger partial charge in [0.05, 0.1) is 0 Å². The highest BCUT2D eigenvalue weighted by Gasteiger charge is 2.16. The van der Waals surface area contributed by atoms with Crippen molar-refractivity contribution in [1.82, 2.24) is 10.2 Å². The molecule has 0 aliphatic heterocycles. The Bertz CT molecular complexity index is 508. The summed E-state index contributed by atoms with van der Waals surface area (Å²) in [7, 11) is 3.41. The SMILES string of the molecule is CN(C)C(=O)c1cccc(NC(=O)NC2CCCCC2)c1. The second-order valence-electron chi connectivity index (χ2n) is 5.71. The first-order valence-corrected chi connectivity index (χ1v) is 7.45. The molecule has 114 valence electrons. The monoisotopic (exact) mass is 289 g/mol. The van der Waals surface area contributed by atoms with Gasteiger partial charge in [0.15, 0.2) is 0 Å². The van der Waals surface area contributed by atoms with E-state index in [0.717, 1.165) is 12.8 Å². The van der Waals surface area contributed by atoms with Crippen molar-refractivity contribution in [2.45, 2.75) is 38.1 Å². The summed E-state index contributed by atoms with van der Waals surface area (Å²) in [5.41, 5.74) is 1.20. The van der Waals surface area contributed by atoms with Gasteiger partial charge in [-0.3, -0.25) is 4.79 Å². The van der Waals surface area contributed by atoms with Gasteiger partial charge in [-0.2, -0.15) is 0 Å². The zero-order valence-electron chi connectivity index (χ0n) is 12.7. The maximum atomic E-state index is 12.0. The van der Waals surface area contributed by atoms with Crippen LogP contribution in [0.1, 0.15) is 42.5 Å². The number of hydrogen-bond donors (Lipinski definition) is 2. The van der Waals surface area contributed by atoms with Gasteiger partial charge in [-0.1, -0.05) is 25.3 Å². The van der Waals surface area contributed by atoms with Crippen LogP contribution in [-0.4, -0.2) is 37.0 Å². The fourth-order valence-corrected chi connectivity index (χ4v) is 2.59. The summed E-state index contributed by atoms with van der Waals surface area (Å²) in [5, 5.41) is 5.80. The maximum Gasteiger partial charge on any atom is 0.319 e. The normalized spacial score (nSPS) is 15.3. The number of benzene rings is 1. The molecule has 0 unspecified atom stereocenters. The van der Waals surface area contributed by atoms with E-state index in [-0.39, 0.29) is 18.0 Å². The molecule has 2 rings (SSSR count). The number of amides is 3. The number of urea groups is 1. The Balaban J connectivity index is 1.94. The molecule has 1 aliphatic carbocycles. The lowest BCUT2D eigenvalue weighted by Crippen LogP contribution is -2.39. The summed E-state index contributed by atoms with van der Waals surface area (Å²) in [6.45, 7) is 0. The summed E-state index contributed by atoms with van der Waals surface area (Å²) in [6, 6.07) is 7.07. The molecule has 1 fully saturated rings. The van der Waals surface area contributed by atoms with E-state index >= 15 is 0 Å². The lowest BCUT2D eigenvalue weighted by molar-refractivity contribution is 0.0827. The Kier molecular flexibility index (Phi) is 5.20. The van der Waals surface area contributed by atoms with Crippen LogP contribution in [0.5, 0.6) is 0 Å². The van der Waals surface area contributed by atoms with Crippen LogP contribution in [0.3, 0.4) is 0 Å². The minimum atomic E-state index is -0.198. The van der Waals surface area contributed by atoms with E-state index in [9.17, 15) is 9.59 Å². The summed E-state index contributed by atoms with van der Waals surface area (Å²) in [6.07, 6.45) is 5.71. The fraction of sp³-hybridized carbons (Fsp3) is 0.500. The number of rotatable bonds is 3. The number of anilines is 1. The van der Waals surface area contributed by atoms with Crippen LogP contribution in [0.2, 0.25) is 0 Å². The molecule has 1 aromatic carbocycles. The predicted molar refractivity (Wildman–Crippen MR) is 83.5 cm³/mol. The molecule has 3 amide bonds. The van der Waals surface area contributed by atoms with E-state index in [1.807, 2.05) is 0 Å². The van der Waals surface area contributed by atoms with Gasteiger partial charge in [0, 0.05) is 31.4 Å². The quantitative estimate of drug-likeness (QED) is 0.899. The van der Waals surface area contributed by atoms with E-state index < -0.39 is 0 Å². The van der Waals surface area contributed by atoms with Crippen LogP contribution in [0.15, 0.2) is 24.3 Å². The van der Waals surface area contributed by atoms with E-state index in [1.165, 1.54) is 24.2 Å². The molecule has 5 nitrogen and oxygen atoms in total. The summed E-state index contributed by atoms with van der Waals surface area (Å²) in [5.74, 6) is -0.0775. The lowest BCUT2D eigenvalue weighted by Gasteiger charge is -2.23. The van der Waals surface area contributed by atoms with Crippen molar-refractivity contribution in [1.29, 1.82) is 0 Å². The van der Waals surface area contributed by atoms with Crippen molar-refractivity contribution in [3.05, 3.63) is 29.8 Å². The molecule has 0 saturated heterocycles. The molecule has 0 heterocycles. The molecule has 0 radical (unpaired) electrons. The van der Waals surface area contributed by atoms with Crippen molar-refractivity contribution < 1.29 is 9.59 Å². The third-order valence-electron chi connectivity index (χ3n) is 3.71. The third-order valence-corrected chi connectivity index (χ3v) is 3.71. The summed E-state index contributed by atoms with van der Waals surface area (Å²) in [4.78, 5) is 25.4. The van der Waals surface area contributed by atoms with Crippen molar-refractivity contribution in [3.63, 3.8) is 0 Å². The number of carbonyl (C=O) groups is 2. The highest BCUT2D eigenvalue weighted by Crippen LogP contribution is 2.18. The van der Waals surface area contributed by atoms with Gasteiger partial charge in [0.2, 0.25) is 0 Å². The third kappa shape index (κ3) is 4.48. The Morgan fingerprint density at radius 3 is 2.52 bits per heavy atom. The van der Waals surface area contributed by atoms with Crippen molar-refractivity contribution >= 4 is 17.6 Å². The molecule has 21 heavy (non-hydrogen) atoms. The van der Waals surface area contributed by atoms with Crippen LogP contribution in [-0.2, 0) is 0 Å². The highest BCUT2D eigenvalue weighted by molar-refractivity contribution is 5.96. The molecule has 1 saturated carbocycles. The molecule has 0 atom stereocenters. The Hall–Kier alpha value is -2.04. The molecule has 5 heteroatoms. The Morgan fingerprint density at radius 1 is 1.14 bits per heavy atom. The smallest absolute Gasteiger partial charge is 0.319 e. The van der Waals surface area contributed by atoms with Gasteiger partial charge < -0.3 is 15.5 Å². The van der Waals surface area contributed by atoms with Crippen molar-refractivity contribution in [2.75, 3.05) is 19.4 Å². The van der Waals surface area contributed by atoms with Gasteiger partial charge in [0.1, 0.15) is 0 Å². The van der Waals surface area contributed by atoms with Gasteiger partial charge >= 0.3 is 6.03 Å². The molecule has 2 N–H and O–H groups in total. The minimum absolute atomic E-state index is 0.0775. The first-order valence-electron chi connectivity index (χ1n) is 7.45. The number of carbonyl (C=O) groups excluding carboxylic acids is 2. The highest BCUT2D eigenvalue weighted by atomic mass is 16.2. The van der Waals surface area contributed by atoms with Gasteiger partial charge in [-0.05, 0) is 31.0 Å². The largest absolute Gasteiger partial charge is 0.345 e. The molecule has 0 bridgehead atoms. The average molecular weight is 289 g/mol. The predicted octanol–water partition coefficient (Wildman–Crippen LogP) is 2.84. The van der Waals surface area contributed by atoms with E-state index in [4.69, 9.17) is 0 Å². The minimum Gasteiger partial charge on any atom is -0.345 e. The Morgan fingerprint density at radius 2 is 1.86 bits per heavy atom. The fourth-order valence-electron chi connectivity index (χ4n) is 2.59. The molecule has 0 spiro atoms. The molecule has 1 aliphatic rings. The second kappa shape index (κ2) is 7.11. The van der Waals surface area contributed by atoms with Crippen LogP contribution in [0, 0.1) is 0 Å². The number of nitrogens with one attached hydrogen (secondary N) is 2. The van der Waals surface area contributed by atoms with E-state index in [1.54, 1.807) is 38.4 Å². The zero-order valence-corrected chi connectivity index (χ0v) is 12.7. The molecular weight excluding hydrogens is 266 g/mol. The zero-order chi connectivity index (χ0) is 15.2. The molecule has 0 aromatic heterocycles.